The molecule has 74 valence electrons. The average molecular weight is 202 g/mol. The van der Waals surface area contributed by atoms with E-state index in [9.17, 15) is 9.46 Å². The molecule has 0 spiro atoms. The first kappa shape index (κ1) is 12.4. The van der Waals surface area contributed by atoms with Crippen molar-refractivity contribution >= 4 is 7.60 Å². The minimum absolute atomic E-state index is 0.00535. The molecule has 1 unspecified atom stereocenters. The van der Waals surface area contributed by atoms with Gasteiger partial charge >= 0.3 is 7.60 Å². The predicted molar refractivity (Wildman–Crippen MR) is 53.5 cm³/mol. The Labute approximate surface area is 79.3 Å². The summed E-state index contributed by atoms with van der Waals surface area (Å²) < 4.78 is 16.2. The minimum Gasteiger partial charge on any atom is -0.324 e. The smallest absolute Gasteiger partial charge is 0.324 e. The van der Waals surface area contributed by atoms with Gasteiger partial charge in [0.2, 0.25) is 0 Å². The largest absolute Gasteiger partial charge is 0.333 e. The molecule has 0 heterocycles. The molecule has 0 aliphatic rings. The Kier molecular flexibility index (Phi) is 4.43. The highest BCUT2D eigenvalue weighted by atomic mass is 31.2. The van der Waals surface area contributed by atoms with E-state index in [4.69, 9.17) is 10.9 Å². The fourth-order valence-electron chi connectivity index (χ4n) is 0.659. The van der Waals surface area contributed by atoms with Gasteiger partial charge in [-0.3, -0.25) is 9.09 Å². The molecule has 4 heteroatoms. The van der Waals surface area contributed by atoms with Crippen molar-refractivity contribution in [1.29, 1.82) is 0 Å². The summed E-state index contributed by atoms with van der Waals surface area (Å²) in [6.45, 7) is 4.92. The van der Waals surface area contributed by atoms with Gasteiger partial charge in [-0.25, -0.2) is 0 Å². The van der Waals surface area contributed by atoms with E-state index in [0.29, 0.717) is 0 Å². The van der Waals surface area contributed by atoms with Crippen LogP contribution in [0.5, 0.6) is 0 Å². The molecule has 0 radical (unpaired) electrons. The summed E-state index contributed by atoms with van der Waals surface area (Å²) >= 11 is 0. The SMILES string of the molecule is C#CC(C)(C)OP(=O)(O)CC=CC. The van der Waals surface area contributed by atoms with Gasteiger partial charge in [0.05, 0.1) is 6.16 Å². The Hall–Kier alpha value is -0.550. The Bertz CT molecular complexity index is 273. The van der Waals surface area contributed by atoms with E-state index in [1.165, 1.54) is 0 Å². The second-order valence-corrected chi connectivity index (χ2v) is 4.96. The lowest BCUT2D eigenvalue weighted by Crippen LogP contribution is -2.20. The van der Waals surface area contributed by atoms with Crippen LogP contribution in [-0.2, 0) is 9.09 Å². The van der Waals surface area contributed by atoms with E-state index in [0.717, 1.165) is 0 Å². The zero-order valence-corrected chi connectivity index (χ0v) is 9.04. The normalized spacial score (nSPS) is 16.8. The number of hydrogen-bond donors (Lipinski definition) is 1. The lowest BCUT2D eigenvalue weighted by molar-refractivity contribution is 0.149. The van der Waals surface area contributed by atoms with Crippen LogP contribution in [0, 0.1) is 12.3 Å². The van der Waals surface area contributed by atoms with Crippen molar-refractivity contribution in [2.24, 2.45) is 0 Å². The van der Waals surface area contributed by atoms with Gasteiger partial charge in [-0.1, -0.05) is 18.1 Å². The maximum atomic E-state index is 11.3. The van der Waals surface area contributed by atoms with Crippen molar-refractivity contribution in [2.45, 2.75) is 26.4 Å². The van der Waals surface area contributed by atoms with Crippen LogP contribution in [0.4, 0.5) is 0 Å². The first-order valence-corrected chi connectivity index (χ1v) is 5.71. The van der Waals surface area contributed by atoms with Crippen LogP contribution in [0.2, 0.25) is 0 Å². The van der Waals surface area contributed by atoms with Crippen molar-refractivity contribution in [3.8, 4) is 12.3 Å². The summed E-state index contributed by atoms with van der Waals surface area (Å²) in [5, 5.41) is 0. The number of terminal acetylenes is 1. The van der Waals surface area contributed by atoms with E-state index in [-0.39, 0.29) is 6.16 Å². The maximum absolute atomic E-state index is 11.3. The standard InChI is InChI=1S/C9H15O3P/c1-5-7-8-13(10,11)12-9(3,4)6-2/h2,5,7H,8H2,1,3-4H3,(H,10,11). The molecule has 0 amide bonds. The monoisotopic (exact) mass is 202 g/mol. The fourth-order valence-corrected chi connectivity index (χ4v) is 1.98. The highest BCUT2D eigenvalue weighted by Crippen LogP contribution is 2.45. The molecule has 13 heavy (non-hydrogen) atoms. The highest BCUT2D eigenvalue weighted by Gasteiger charge is 2.27. The van der Waals surface area contributed by atoms with Gasteiger partial charge in [0, 0.05) is 0 Å². The summed E-state index contributed by atoms with van der Waals surface area (Å²) in [5.74, 6) is 2.30. The van der Waals surface area contributed by atoms with E-state index >= 15 is 0 Å². The lowest BCUT2D eigenvalue weighted by Gasteiger charge is -2.21. The molecular formula is C9H15O3P. The van der Waals surface area contributed by atoms with Gasteiger partial charge in [-0.15, -0.1) is 6.42 Å². The zero-order valence-electron chi connectivity index (χ0n) is 8.15. The summed E-state index contributed by atoms with van der Waals surface area (Å²) in [6, 6.07) is 0. The molecule has 0 aliphatic carbocycles. The Balaban J connectivity index is 4.36. The quantitative estimate of drug-likeness (QED) is 0.431. The van der Waals surface area contributed by atoms with Gasteiger partial charge in [0.25, 0.3) is 0 Å². The van der Waals surface area contributed by atoms with Gasteiger partial charge in [-0.05, 0) is 20.8 Å². The second kappa shape index (κ2) is 4.62. The molecule has 0 aromatic rings. The fraction of sp³-hybridized carbons (Fsp3) is 0.556. The van der Waals surface area contributed by atoms with Crippen LogP contribution in [0.15, 0.2) is 12.2 Å². The van der Waals surface area contributed by atoms with Gasteiger partial charge in [0.1, 0.15) is 5.60 Å². The average Bonchev–Trinajstić information content (AvgIpc) is 1.99. The molecule has 0 fully saturated rings. The predicted octanol–water partition coefficient (Wildman–Crippen LogP) is 2.18. The van der Waals surface area contributed by atoms with Crippen molar-refractivity contribution < 1.29 is 14.0 Å². The van der Waals surface area contributed by atoms with Gasteiger partial charge in [-0.2, -0.15) is 0 Å². The van der Waals surface area contributed by atoms with Crippen molar-refractivity contribution in [1.82, 2.24) is 0 Å². The zero-order chi connectivity index (χ0) is 10.5. The Morgan fingerprint density at radius 2 is 2.23 bits per heavy atom. The van der Waals surface area contributed by atoms with Crippen LogP contribution >= 0.6 is 7.60 Å². The van der Waals surface area contributed by atoms with Crippen LogP contribution in [0.3, 0.4) is 0 Å². The minimum atomic E-state index is -3.58. The molecule has 0 saturated carbocycles. The van der Waals surface area contributed by atoms with Crippen LogP contribution in [0.25, 0.3) is 0 Å². The third-order valence-corrected chi connectivity index (χ3v) is 2.70. The van der Waals surface area contributed by atoms with Crippen molar-refractivity contribution in [3.63, 3.8) is 0 Å². The topological polar surface area (TPSA) is 46.5 Å². The summed E-state index contributed by atoms with van der Waals surface area (Å²) in [5.41, 5.74) is -0.994. The molecule has 1 atom stereocenters. The third kappa shape index (κ3) is 5.65. The van der Waals surface area contributed by atoms with E-state index < -0.39 is 13.2 Å². The lowest BCUT2D eigenvalue weighted by atomic mass is 10.2. The van der Waals surface area contributed by atoms with Crippen LogP contribution < -0.4 is 0 Å². The molecule has 0 aliphatic heterocycles. The molecule has 1 N–H and O–H groups in total. The molecule has 0 saturated heterocycles. The van der Waals surface area contributed by atoms with E-state index in [1.807, 2.05) is 0 Å². The highest BCUT2D eigenvalue weighted by molar-refractivity contribution is 7.53. The van der Waals surface area contributed by atoms with E-state index in [1.54, 1.807) is 32.9 Å². The second-order valence-electron chi connectivity index (χ2n) is 3.13. The third-order valence-electron chi connectivity index (χ3n) is 1.29. The molecule has 0 bridgehead atoms. The summed E-state index contributed by atoms with van der Waals surface area (Å²) in [6.07, 6.45) is 8.38. The van der Waals surface area contributed by atoms with Crippen LogP contribution in [-0.4, -0.2) is 16.7 Å². The Morgan fingerprint density at radius 1 is 1.69 bits per heavy atom. The summed E-state index contributed by atoms with van der Waals surface area (Å²) in [7, 11) is -3.58. The summed E-state index contributed by atoms with van der Waals surface area (Å²) in [4.78, 5) is 9.30. The van der Waals surface area contributed by atoms with Gasteiger partial charge in [0.15, 0.2) is 0 Å². The maximum Gasteiger partial charge on any atom is 0.333 e. The Morgan fingerprint density at radius 3 is 2.62 bits per heavy atom. The molecule has 0 aromatic heterocycles. The first-order chi connectivity index (χ1) is 5.83. The molecular weight excluding hydrogens is 187 g/mol. The molecule has 3 nitrogen and oxygen atoms in total. The van der Waals surface area contributed by atoms with Crippen molar-refractivity contribution in [2.75, 3.05) is 6.16 Å². The van der Waals surface area contributed by atoms with E-state index in [2.05, 4.69) is 5.92 Å². The first-order valence-electron chi connectivity index (χ1n) is 3.94. The number of rotatable bonds is 4. The van der Waals surface area contributed by atoms with Crippen LogP contribution in [0.1, 0.15) is 20.8 Å². The van der Waals surface area contributed by atoms with Crippen molar-refractivity contribution in [3.05, 3.63) is 12.2 Å². The molecule has 0 rings (SSSR count). The molecule has 0 aromatic carbocycles. The van der Waals surface area contributed by atoms with Gasteiger partial charge < -0.3 is 4.89 Å². The number of allylic oxidation sites excluding steroid dienone is 2. The number of hydrogen-bond acceptors (Lipinski definition) is 2.